The van der Waals surface area contributed by atoms with Gasteiger partial charge in [0.1, 0.15) is 10.7 Å². The molecule has 0 unspecified atom stereocenters. The lowest BCUT2D eigenvalue weighted by Gasteiger charge is -2.09. The molecule has 0 aromatic heterocycles. The van der Waals surface area contributed by atoms with Crippen molar-refractivity contribution in [3.05, 3.63) is 24.0 Å². The molecule has 1 rings (SSSR count). The monoisotopic (exact) mass is 302 g/mol. The van der Waals surface area contributed by atoms with Gasteiger partial charge in [-0.15, -0.1) is 0 Å². The molecule has 0 atom stereocenters. The molecule has 0 bridgehead atoms. The Bertz CT molecular complexity index is 498. The minimum Gasteiger partial charge on any atom is -0.398 e. The van der Waals surface area contributed by atoms with Crippen molar-refractivity contribution in [2.45, 2.75) is 50.3 Å². The lowest BCUT2D eigenvalue weighted by molar-refractivity contribution is 0.551. The molecule has 0 spiro atoms. The first-order valence-corrected chi connectivity index (χ1v) is 8.51. The summed E-state index contributed by atoms with van der Waals surface area (Å²) in [6.45, 7) is 2.45. The molecule has 0 saturated heterocycles. The van der Waals surface area contributed by atoms with Gasteiger partial charge < -0.3 is 5.73 Å². The van der Waals surface area contributed by atoms with Crippen LogP contribution in [0.4, 0.5) is 10.1 Å². The summed E-state index contributed by atoms with van der Waals surface area (Å²) in [6.07, 6.45) is 6.37. The number of nitrogens with two attached hydrogens (primary N) is 1. The van der Waals surface area contributed by atoms with Crippen LogP contribution in [0.3, 0.4) is 0 Å². The number of benzene rings is 1. The van der Waals surface area contributed by atoms with Crippen LogP contribution in [0.25, 0.3) is 0 Å². The van der Waals surface area contributed by atoms with Crippen LogP contribution in [0.1, 0.15) is 45.4 Å². The topological polar surface area (TPSA) is 72.2 Å². The van der Waals surface area contributed by atoms with Gasteiger partial charge in [-0.25, -0.2) is 17.5 Å². The second kappa shape index (κ2) is 8.21. The van der Waals surface area contributed by atoms with Gasteiger partial charge in [0, 0.05) is 6.54 Å². The van der Waals surface area contributed by atoms with Crippen molar-refractivity contribution in [2.24, 2.45) is 0 Å². The Labute approximate surface area is 120 Å². The number of halogens is 1. The third-order valence-electron chi connectivity index (χ3n) is 3.09. The van der Waals surface area contributed by atoms with E-state index in [1.165, 1.54) is 31.4 Å². The van der Waals surface area contributed by atoms with Gasteiger partial charge in [0.25, 0.3) is 0 Å². The predicted octanol–water partition coefficient (Wildman–Crippen LogP) is 3.05. The Balaban J connectivity index is 2.46. The molecule has 6 heteroatoms. The molecule has 20 heavy (non-hydrogen) atoms. The Morgan fingerprint density at radius 1 is 1.15 bits per heavy atom. The Morgan fingerprint density at radius 3 is 2.45 bits per heavy atom. The first kappa shape index (κ1) is 16.9. The lowest BCUT2D eigenvalue weighted by Crippen LogP contribution is -2.26. The normalized spacial score (nSPS) is 11.7. The van der Waals surface area contributed by atoms with Crippen LogP contribution in [-0.2, 0) is 10.0 Å². The maximum Gasteiger partial charge on any atom is 0.245 e. The number of hydrogen-bond acceptors (Lipinski definition) is 3. The van der Waals surface area contributed by atoms with Crippen LogP contribution in [0.5, 0.6) is 0 Å². The highest BCUT2D eigenvalue weighted by molar-refractivity contribution is 7.89. The number of nitrogens with one attached hydrogen (secondary N) is 1. The van der Waals surface area contributed by atoms with Crippen molar-refractivity contribution < 1.29 is 12.8 Å². The van der Waals surface area contributed by atoms with E-state index in [0.717, 1.165) is 25.3 Å². The van der Waals surface area contributed by atoms with Crippen LogP contribution in [0.15, 0.2) is 23.1 Å². The van der Waals surface area contributed by atoms with E-state index < -0.39 is 20.7 Å². The zero-order valence-corrected chi connectivity index (χ0v) is 12.7. The molecular weight excluding hydrogens is 279 g/mol. The highest BCUT2D eigenvalue weighted by Crippen LogP contribution is 2.21. The van der Waals surface area contributed by atoms with E-state index in [2.05, 4.69) is 11.6 Å². The summed E-state index contributed by atoms with van der Waals surface area (Å²) >= 11 is 0. The minimum atomic E-state index is -3.87. The number of hydrogen-bond donors (Lipinski definition) is 2. The standard InChI is InChI=1S/C14H23FN2O2S/c1-2-3-4-5-6-7-11-17-20(18,19)14-12(15)9-8-10-13(14)16/h8-10,17H,2-7,11,16H2,1H3. The van der Waals surface area contributed by atoms with Gasteiger partial charge in [-0.1, -0.05) is 45.1 Å². The zero-order chi connectivity index (χ0) is 15.0. The van der Waals surface area contributed by atoms with Gasteiger partial charge in [-0.3, -0.25) is 0 Å². The molecule has 114 valence electrons. The van der Waals surface area contributed by atoms with E-state index in [4.69, 9.17) is 5.73 Å². The second-order valence-electron chi connectivity index (χ2n) is 4.82. The van der Waals surface area contributed by atoms with E-state index in [1.54, 1.807) is 0 Å². The summed E-state index contributed by atoms with van der Waals surface area (Å²) in [5, 5.41) is 0. The van der Waals surface area contributed by atoms with Crippen LogP contribution >= 0.6 is 0 Å². The Kier molecular flexibility index (Phi) is 6.95. The molecule has 0 amide bonds. The SMILES string of the molecule is CCCCCCCCNS(=O)(=O)c1c(N)cccc1F. The van der Waals surface area contributed by atoms with Gasteiger partial charge in [0.05, 0.1) is 5.69 Å². The maximum absolute atomic E-state index is 13.6. The molecule has 3 N–H and O–H groups in total. The largest absolute Gasteiger partial charge is 0.398 e. The number of anilines is 1. The molecule has 4 nitrogen and oxygen atoms in total. The summed E-state index contributed by atoms with van der Waals surface area (Å²) in [7, 11) is -3.87. The molecule has 0 fully saturated rings. The first-order valence-electron chi connectivity index (χ1n) is 7.02. The highest BCUT2D eigenvalue weighted by atomic mass is 32.2. The molecule has 0 aliphatic carbocycles. The van der Waals surface area contributed by atoms with Gasteiger partial charge in [-0.2, -0.15) is 0 Å². The van der Waals surface area contributed by atoms with Gasteiger partial charge >= 0.3 is 0 Å². The lowest BCUT2D eigenvalue weighted by atomic mass is 10.1. The van der Waals surface area contributed by atoms with Crippen LogP contribution in [0, 0.1) is 5.82 Å². The molecule has 1 aromatic rings. The average molecular weight is 302 g/mol. The summed E-state index contributed by atoms with van der Waals surface area (Å²) < 4.78 is 39.9. The molecule has 0 saturated carbocycles. The van der Waals surface area contributed by atoms with Crippen molar-refractivity contribution >= 4 is 15.7 Å². The minimum absolute atomic E-state index is 0.0690. The fourth-order valence-electron chi connectivity index (χ4n) is 1.99. The predicted molar refractivity (Wildman–Crippen MR) is 79.4 cm³/mol. The van der Waals surface area contributed by atoms with E-state index in [9.17, 15) is 12.8 Å². The number of sulfonamides is 1. The number of rotatable bonds is 9. The summed E-state index contributed by atoms with van der Waals surface area (Å²) in [6, 6.07) is 3.86. The molecular formula is C14H23FN2O2S. The molecule has 0 radical (unpaired) electrons. The fraction of sp³-hybridized carbons (Fsp3) is 0.571. The van der Waals surface area contributed by atoms with E-state index in [1.807, 2.05) is 0 Å². The Hall–Kier alpha value is -1.14. The van der Waals surface area contributed by atoms with Crippen molar-refractivity contribution in [2.75, 3.05) is 12.3 Å². The second-order valence-corrected chi connectivity index (χ2v) is 6.53. The molecule has 1 aromatic carbocycles. The van der Waals surface area contributed by atoms with Crippen molar-refractivity contribution in [3.63, 3.8) is 0 Å². The summed E-state index contributed by atoms with van der Waals surface area (Å²) in [4.78, 5) is -0.453. The van der Waals surface area contributed by atoms with Crippen molar-refractivity contribution in [1.29, 1.82) is 0 Å². The van der Waals surface area contributed by atoms with Crippen molar-refractivity contribution in [1.82, 2.24) is 4.72 Å². The number of unbranched alkanes of at least 4 members (excludes halogenated alkanes) is 5. The van der Waals surface area contributed by atoms with E-state index in [0.29, 0.717) is 6.54 Å². The van der Waals surface area contributed by atoms with Gasteiger partial charge in [-0.05, 0) is 18.6 Å². The van der Waals surface area contributed by atoms with Crippen LogP contribution in [-0.4, -0.2) is 15.0 Å². The summed E-state index contributed by atoms with van der Waals surface area (Å²) in [5.74, 6) is -0.819. The smallest absolute Gasteiger partial charge is 0.245 e. The maximum atomic E-state index is 13.6. The Morgan fingerprint density at radius 2 is 1.80 bits per heavy atom. The third kappa shape index (κ3) is 5.09. The molecule has 0 heterocycles. The number of nitrogen functional groups attached to an aromatic ring is 1. The van der Waals surface area contributed by atoms with Gasteiger partial charge in [0.2, 0.25) is 10.0 Å². The van der Waals surface area contributed by atoms with Crippen LogP contribution in [0.2, 0.25) is 0 Å². The van der Waals surface area contributed by atoms with Gasteiger partial charge in [0.15, 0.2) is 0 Å². The third-order valence-corrected chi connectivity index (χ3v) is 4.64. The molecule has 0 aliphatic heterocycles. The highest BCUT2D eigenvalue weighted by Gasteiger charge is 2.21. The first-order chi connectivity index (χ1) is 9.49. The quantitative estimate of drug-likeness (QED) is 0.544. The van der Waals surface area contributed by atoms with Crippen molar-refractivity contribution in [3.8, 4) is 0 Å². The fourth-order valence-corrected chi connectivity index (χ4v) is 3.25. The molecule has 0 aliphatic rings. The zero-order valence-electron chi connectivity index (χ0n) is 11.9. The average Bonchev–Trinajstić information content (AvgIpc) is 2.37. The van der Waals surface area contributed by atoms with E-state index in [-0.39, 0.29) is 5.69 Å². The van der Waals surface area contributed by atoms with E-state index >= 15 is 0 Å². The summed E-state index contributed by atoms with van der Waals surface area (Å²) in [5.41, 5.74) is 5.46. The van der Waals surface area contributed by atoms with Crippen LogP contribution < -0.4 is 10.5 Å².